The summed E-state index contributed by atoms with van der Waals surface area (Å²) in [7, 11) is 0. The third kappa shape index (κ3) is 5.76. The van der Waals surface area contributed by atoms with E-state index in [1.54, 1.807) is 4.90 Å². The second-order valence-corrected chi connectivity index (χ2v) is 10.4. The molecule has 0 N–H and O–H groups in total. The molecule has 0 saturated carbocycles. The van der Waals surface area contributed by atoms with Gasteiger partial charge >= 0.3 is 0 Å². The molecule has 3 rings (SSSR count). The lowest BCUT2D eigenvalue weighted by atomic mass is 10.2. The molecule has 0 unspecified atom stereocenters. The third-order valence-corrected chi connectivity index (χ3v) is 7.29. The van der Waals surface area contributed by atoms with Gasteiger partial charge in [0.05, 0.1) is 12.0 Å². The maximum atomic E-state index is 12.7. The number of amidine groups is 1. The van der Waals surface area contributed by atoms with Gasteiger partial charge in [-0.05, 0) is 112 Å². The van der Waals surface area contributed by atoms with Crippen molar-refractivity contribution in [3.05, 3.63) is 64.0 Å². The van der Waals surface area contributed by atoms with E-state index in [0.717, 1.165) is 33.7 Å². The van der Waals surface area contributed by atoms with Crippen molar-refractivity contribution in [2.75, 3.05) is 13.1 Å². The maximum Gasteiger partial charge on any atom is 0.266 e. The average molecular weight is 697 g/mol. The van der Waals surface area contributed by atoms with Gasteiger partial charge in [-0.15, -0.1) is 0 Å². The molecule has 0 aromatic heterocycles. The summed E-state index contributed by atoms with van der Waals surface area (Å²) in [4.78, 5) is 19.5. The van der Waals surface area contributed by atoms with Crippen LogP contribution in [0, 0.1) is 7.14 Å². The molecule has 1 fully saturated rings. The molecule has 0 bridgehead atoms. The van der Waals surface area contributed by atoms with Gasteiger partial charge in [0.2, 0.25) is 0 Å². The predicted octanol–water partition coefficient (Wildman–Crippen LogP) is 6.55. The Balaban J connectivity index is 1.80. The van der Waals surface area contributed by atoms with Gasteiger partial charge in [0, 0.05) is 17.6 Å². The molecule has 1 amide bonds. The Morgan fingerprint density at radius 2 is 1.83 bits per heavy atom. The molecule has 0 spiro atoms. The Labute approximate surface area is 211 Å². The third-order valence-electron chi connectivity index (χ3n) is 4.11. The number of hydrogen-bond donors (Lipinski definition) is 0. The molecule has 1 heterocycles. The topological polar surface area (TPSA) is 41.9 Å². The van der Waals surface area contributed by atoms with E-state index in [-0.39, 0.29) is 5.91 Å². The number of amides is 1. The van der Waals surface area contributed by atoms with Crippen LogP contribution < -0.4 is 4.74 Å². The predicted molar refractivity (Wildman–Crippen MR) is 141 cm³/mol. The zero-order chi connectivity index (χ0) is 21.0. The quantitative estimate of drug-likeness (QED) is 0.254. The first kappa shape index (κ1) is 23.1. The van der Waals surface area contributed by atoms with Gasteiger partial charge in [-0.3, -0.25) is 14.7 Å². The lowest BCUT2D eigenvalue weighted by Crippen LogP contribution is -2.28. The number of halogens is 3. The zero-order valence-electron chi connectivity index (χ0n) is 15.9. The smallest absolute Gasteiger partial charge is 0.266 e. The first-order chi connectivity index (χ1) is 13.9. The van der Waals surface area contributed by atoms with Crippen molar-refractivity contribution in [3.8, 4) is 5.75 Å². The van der Waals surface area contributed by atoms with Crippen molar-refractivity contribution < 1.29 is 9.53 Å². The molecular weight excluding hydrogens is 678 g/mol. The Morgan fingerprint density at radius 3 is 2.41 bits per heavy atom. The largest absolute Gasteiger partial charge is 0.487 e. The Hall–Kier alpha value is -0.590. The molecule has 29 heavy (non-hydrogen) atoms. The van der Waals surface area contributed by atoms with E-state index in [2.05, 4.69) is 66.1 Å². The van der Waals surface area contributed by atoms with Crippen molar-refractivity contribution in [1.82, 2.24) is 4.90 Å². The number of hydrogen-bond acceptors (Lipinski definition) is 4. The summed E-state index contributed by atoms with van der Waals surface area (Å²) >= 11 is 9.47. The van der Waals surface area contributed by atoms with Crippen molar-refractivity contribution in [1.29, 1.82) is 0 Å². The summed E-state index contributed by atoms with van der Waals surface area (Å²) in [5.74, 6) is 0.885. The van der Waals surface area contributed by atoms with Gasteiger partial charge in [-0.2, -0.15) is 0 Å². The van der Waals surface area contributed by atoms with Gasteiger partial charge in [-0.25, -0.2) is 0 Å². The summed E-state index contributed by atoms with van der Waals surface area (Å²) in [6.45, 7) is 5.75. The zero-order valence-corrected chi connectivity index (χ0v) is 22.6. The monoisotopic (exact) mass is 696 g/mol. The number of thioether (sulfide) groups is 1. The van der Waals surface area contributed by atoms with Crippen molar-refractivity contribution in [3.63, 3.8) is 0 Å². The van der Waals surface area contributed by atoms with Crippen LogP contribution >= 0.6 is 72.9 Å². The molecular formula is C21H19BrI2N2O2S. The van der Waals surface area contributed by atoms with E-state index in [1.807, 2.05) is 56.3 Å². The minimum absolute atomic E-state index is 0.0188. The second kappa shape index (κ2) is 10.6. The standard InChI is InChI=1S/C21H19BrI2N2O2S/c1-3-25-21-26(4-2)20(27)18(29-21)11-14-9-16(23)19(17(24)10-14)28-12-13-5-7-15(22)8-6-13/h5-11H,3-4,12H2,1-2H3/b18-11+,25-21?. The number of carbonyl (C=O) groups is 1. The molecule has 0 radical (unpaired) electrons. The van der Waals surface area contributed by atoms with Crippen LogP contribution in [-0.2, 0) is 11.4 Å². The fourth-order valence-corrected chi connectivity index (χ4v) is 6.23. The number of ether oxygens (including phenoxy) is 1. The van der Waals surface area contributed by atoms with Crippen molar-refractivity contribution in [2.24, 2.45) is 4.99 Å². The highest BCUT2D eigenvalue weighted by molar-refractivity contribution is 14.1. The highest BCUT2D eigenvalue weighted by Gasteiger charge is 2.31. The summed E-state index contributed by atoms with van der Waals surface area (Å²) < 4.78 is 9.16. The molecule has 0 aliphatic carbocycles. The lowest BCUT2D eigenvalue weighted by molar-refractivity contribution is -0.122. The fourth-order valence-electron chi connectivity index (χ4n) is 2.73. The molecule has 4 nitrogen and oxygen atoms in total. The normalized spacial score (nSPS) is 16.9. The van der Waals surface area contributed by atoms with E-state index in [1.165, 1.54) is 11.8 Å². The summed E-state index contributed by atoms with van der Waals surface area (Å²) in [6, 6.07) is 12.2. The highest BCUT2D eigenvalue weighted by atomic mass is 127. The van der Waals surface area contributed by atoms with Crippen LogP contribution in [0.2, 0.25) is 0 Å². The van der Waals surface area contributed by atoms with Crippen LogP contribution in [0.15, 0.2) is 50.8 Å². The molecule has 2 aromatic rings. The minimum Gasteiger partial charge on any atom is -0.487 e. The number of aliphatic imine (C=N–C) groups is 1. The van der Waals surface area contributed by atoms with Gasteiger partial charge in [0.1, 0.15) is 12.4 Å². The van der Waals surface area contributed by atoms with Crippen LogP contribution in [-0.4, -0.2) is 29.1 Å². The molecule has 1 aliphatic heterocycles. The van der Waals surface area contributed by atoms with Crippen LogP contribution in [0.25, 0.3) is 6.08 Å². The lowest BCUT2D eigenvalue weighted by Gasteiger charge is -2.12. The van der Waals surface area contributed by atoms with Crippen molar-refractivity contribution in [2.45, 2.75) is 20.5 Å². The van der Waals surface area contributed by atoms with Crippen LogP contribution in [0.5, 0.6) is 5.75 Å². The molecule has 8 heteroatoms. The van der Waals surface area contributed by atoms with Gasteiger partial charge in [0.25, 0.3) is 5.91 Å². The Bertz CT molecular complexity index is 954. The number of nitrogens with zero attached hydrogens (tertiary/aromatic N) is 2. The molecule has 2 aromatic carbocycles. The average Bonchev–Trinajstić information content (AvgIpc) is 2.97. The van der Waals surface area contributed by atoms with E-state index < -0.39 is 0 Å². The van der Waals surface area contributed by atoms with Crippen LogP contribution in [0.4, 0.5) is 0 Å². The van der Waals surface area contributed by atoms with Gasteiger partial charge in [-0.1, -0.05) is 28.1 Å². The van der Waals surface area contributed by atoms with Gasteiger partial charge < -0.3 is 4.74 Å². The first-order valence-electron chi connectivity index (χ1n) is 9.05. The highest BCUT2D eigenvalue weighted by Crippen LogP contribution is 2.35. The van der Waals surface area contributed by atoms with E-state index >= 15 is 0 Å². The van der Waals surface area contributed by atoms with Crippen molar-refractivity contribution >= 4 is 90.0 Å². The second-order valence-electron chi connectivity index (χ2n) is 6.15. The number of rotatable bonds is 6. The maximum absolute atomic E-state index is 12.7. The molecule has 0 atom stereocenters. The van der Waals surface area contributed by atoms with E-state index in [0.29, 0.717) is 24.6 Å². The van der Waals surface area contributed by atoms with E-state index in [9.17, 15) is 4.79 Å². The number of carbonyl (C=O) groups excluding carboxylic acids is 1. The minimum atomic E-state index is 0.0188. The van der Waals surface area contributed by atoms with E-state index in [4.69, 9.17) is 4.74 Å². The number of benzene rings is 2. The molecule has 152 valence electrons. The molecule has 1 saturated heterocycles. The van der Waals surface area contributed by atoms with Crippen LogP contribution in [0.1, 0.15) is 25.0 Å². The SMILES string of the molecule is CCN=C1S/C(=C/c2cc(I)c(OCc3ccc(Br)cc3)c(I)c2)C(=O)N1CC. The summed E-state index contributed by atoms with van der Waals surface area (Å²) in [6.07, 6.45) is 1.94. The number of likely N-dealkylation sites (N-methyl/N-ethyl adjacent to an activating group) is 1. The Morgan fingerprint density at radius 1 is 1.17 bits per heavy atom. The van der Waals surface area contributed by atoms with Crippen LogP contribution in [0.3, 0.4) is 0 Å². The summed E-state index contributed by atoms with van der Waals surface area (Å²) in [5, 5.41) is 0.782. The first-order valence-corrected chi connectivity index (χ1v) is 12.8. The summed E-state index contributed by atoms with van der Waals surface area (Å²) in [5.41, 5.74) is 2.10. The Kier molecular flexibility index (Phi) is 8.46. The fraction of sp³-hybridized carbons (Fsp3) is 0.238. The molecule has 1 aliphatic rings. The van der Waals surface area contributed by atoms with Gasteiger partial charge in [0.15, 0.2) is 5.17 Å².